The first kappa shape index (κ1) is 12.6. The summed E-state index contributed by atoms with van der Waals surface area (Å²) in [5.41, 5.74) is 6.64. The standard InChI is InChI=1S/C18H20/c1-4-18-13-17(10-7-15(18)3)12-11-16-8-5-14(2)6-9-16/h5-13H,4H2,1-3H3/b12-11+. The Bertz CT molecular complexity index is 545. The first-order valence-electron chi connectivity index (χ1n) is 6.53. The van der Waals surface area contributed by atoms with Crippen LogP contribution in [0.15, 0.2) is 42.5 Å². The fraction of sp³-hybridized carbons (Fsp3) is 0.222. The molecule has 0 saturated carbocycles. The number of benzene rings is 2. The molecule has 0 fully saturated rings. The lowest BCUT2D eigenvalue weighted by Gasteiger charge is -2.04. The lowest BCUT2D eigenvalue weighted by molar-refractivity contribution is 1.11. The normalized spacial score (nSPS) is 11.1. The highest BCUT2D eigenvalue weighted by Crippen LogP contribution is 2.15. The second-order valence-corrected chi connectivity index (χ2v) is 4.78. The van der Waals surface area contributed by atoms with Crippen LogP contribution in [0.25, 0.3) is 12.2 Å². The van der Waals surface area contributed by atoms with Gasteiger partial charge < -0.3 is 0 Å². The van der Waals surface area contributed by atoms with Crippen LogP contribution < -0.4 is 0 Å². The molecule has 0 saturated heterocycles. The van der Waals surface area contributed by atoms with Crippen LogP contribution in [0.3, 0.4) is 0 Å². The predicted molar refractivity (Wildman–Crippen MR) is 80.7 cm³/mol. The second-order valence-electron chi connectivity index (χ2n) is 4.78. The average Bonchev–Trinajstić information content (AvgIpc) is 2.39. The topological polar surface area (TPSA) is 0 Å². The van der Waals surface area contributed by atoms with Gasteiger partial charge in [0.05, 0.1) is 0 Å². The zero-order valence-corrected chi connectivity index (χ0v) is 11.4. The maximum absolute atomic E-state index is 2.28. The molecule has 0 amide bonds. The van der Waals surface area contributed by atoms with Crippen molar-refractivity contribution in [2.75, 3.05) is 0 Å². The van der Waals surface area contributed by atoms with Gasteiger partial charge in [0.25, 0.3) is 0 Å². The maximum atomic E-state index is 2.28. The Morgan fingerprint density at radius 3 is 2.11 bits per heavy atom. The van der Waals surface area contributed by atoms with Crippen LogP contribution in [-0.4, -0.2) is 0 Å². The van der Waals surface area contributed by atoms with Gasteiger partial charge in [-0.1, -0.05) is 67.1 Å². The summed E-state index contributed by atoms with van der Waals surface area (Å²) in [6, 6.07) is 15.3. The van der Waals surface area contributed by atoms with Crippen molar-refractivity contribution in [3.63, 3.8) is 0 Å². The summed E-state index contributed by atoms with van der Waals surface area (Å²) in [6.07, 6.45) is 5.45. The highest BCUT2D eigenvalue weighted by molar-refractivity contribution is 5.70. The molecule has 0 aliphatic heterocycles. The number of hydrogen-bond acceptors (Lipinski definition) is 0. The fourth-order valence-corrected chi connectivity index (χ4v) is 2.05. The van der Waals surface area contributed by atoms with E-state index in [2.05, 4.69) is 75.4 Å². The van der Waals surface area contributed by atoms with Gasteiger partial charge in [0, 0.05) is 0 Å². The molecule has 2 aromatic rings. The summed E-state index contributed by atoms with van der Waals surface area (Å²) in [5, 5.41) is 0. The van der Waals surface area contributed by atoms with Crippen LogP contribution >= 0.6 is 0 Å². The van der Waals surface area contributed by atoms with Crippen molar-refractivity contribution >= 4 is 12.2 Å². The molecular formula is C18H20. The Morgan fingerprint density at radius 1 is 0.833 bits per heavy atom. The Kier molecular flexibility index (Phi) is 3.99. The molecule has 0 aromatic heterocycles. The molecule has 0 aliphatic rings. The van der Waals surface area contributed by atoms with Crippen LogP contribution in [0, 0.1) is 13.8 Å². The monoisotopic (exact) mass is 236 g/mol. The molecule has 0 spiro atoms. The molecule has 2 aromatic carbocycles. The summed E-state index contributed by atoms with van der Waals surface area (Å²) in [7, 11) is 0. The summed E-state index contributed by atoms with van der Waals surface area (Å²) >= 11 is 0. The van der Waals surface area contributed by atoms with Crippen LogP contribution in [0.4, 0.5) is 0 Å². The van der Waals surface area contributed by atoms with Gasteiger partial charge >= 0.3 is 0 Å². The fourth-order valence-electron chi connectivity index (χ4n) is 2.05. The van der Waals surface area contributed by atoms with Gasteiger partial charge in [0.15, 0.2) is 0 Å². The molecule has 0 radical (unpaired) electrons. The molecule has 0 aliphatic carbocycles. The molecule has 92 valence electrons. The third-order valence-electron chi connectivity index (χ3n) is 3.30. The van der Waals surface area contributed by atoms with E-state index >= 15 is 0 Å². The molecule has 2 rings (SSSR count). The minimum atomic E-state index is 1.10. The van der Waals surface area contributed by atoms with E-state index in [9.17, 15) is 0 Å². The molecule has 18 heavy (non-hydrogen) atoms. The molecule has 0 atom stereocenters. The summed E-state index contributed by atoms with van der Waals surface area (Å²) in [5.74, 6) is 0. The molecular weight excluding hydrogens is 216 g/mol. The van der Waals surface area contributed by atoms with Crippen molar-refractivity contribution in [1.29, 1.82) is 0 Å². The maximum Gasteiger partial charge on any atom is -0.0254 e. The lowest BCUT2D eigenvalue weighted by atomic mass is 10.0. The van der Waals surface area contributed by atoms with Crippen molar-refractivity contribution in [1.82, 2.24) is 0 Å². The highest BCUT2D eigenvalue weighted by Gasteiger charge is 1.96. The Labute approximate surface area is 110 Å². The predicted octanol–water partition coefficient (Wildman–Crippen LogP) is 5.04. The Balaban J connectivity index is 2.20. The number of rotatable bonds is 3. The van der Waals surface area contributed by atoms with Gasteiger partial charge in [-0.25, -0.2) is 0 Å². The first-order valence-corrected chi connectivity index (χ1v) is 6.53. The largest absolute Gasteiger partial charge is 0.0613 e. The molecule has 0 heteroatoms. The van der Waals surface area contributed by atoms with E-state index in [0.717, 1.165) is 6.42 Å². The minimum absolute atomic E-state index is 1.10. The zero-order chi connectivity index (χ0) is 13.0. The van der Waals surface area contributed by atoms with Crippen LogP contribution in [0.5, 0.6) is 0 Å². The number of aryl methyl sites for hydroxylation is 3. The quantitative estimate of drug-likeness (QED) is 0.655. The highest BCUT2D eigenvalue weighted by atomic mass is 14.0. The molecule has 0 nitrogen and oxygen atoms in total. The van der Waals surface area contributed by atoms with Gasteiger partial charge in [0.1, 0.15) is 0 Å². The summed E-state index contributed by atoms with van der Waals surface area (Å²) in [6.45, 7) is 6.49. The van der Waals surface area contributed by atoms with Gasteiger partial charge in [0.2, 0.25) is 0 Å². The molecule has 0 unspecified atom stereocenters. The van der Waals surface area contributed by atoms with Crippen LogP contribution in [0.1, 0.15) is 34.7 Å². The second kappa shape index (κ2) is 5.68. The summed E-state index contributed by atoms with van der Waals surface area (Å²) < 4.78 is 0. The van der Waals surface area contributed by atoms with E-state index in [4.69, 9.17) is 0 Å². The van der Waals surface area contributed by atoms with Crippen molar-refractivity contribution in [3.05, 3.63) is 70.3 Å². The van der Waals surface area contributed by atoms with E-state index in [-0.39, 0.29) is 0 Å². The van der Waals surface area contributed by atoms with E-state index in [0.29, 0.717) is 0 Å². The van der Waals surface area contributed by atoms with Crippen molar-refractivity contribution in [2.45, 2.75) is 27.2 Å². The lowest BCUT2D eigenvalue weighted by Crippen LogP contribution is -1.86. The van der Waals surface area contributed by atoms with E-state index in [1.54, 1.807) is 0 Å². The van der Waals surface area contributed by atoms with E-state index < -0.39 is 0 Å². The van der Waals surface area contributed by atoms with Crippen molar-refractivity contribution in [2.24, 2.45) is 0 Å². The van der Waals surface area contributed by atoms with Crippen molar-refractivity contribution in [3.8, 4) is 0 Å². The van der Waals surface area contributed by atoms with Gasteiger partial charge in [-0.3, -0.25) is 0 Å². The zero-order valence-electron chi connectivity index (χ0n) is 11.4. The Hall–Kier alpha value is -1.82. The van der Waals surface area contributed by atoms with Crippen molar-refractivity contribution < 1.29 is 0 Å². The van der Waals surface area contributed by atoms with Gasteiger partial charge in [-0.15, -0.1) is 0 Å². The van der Waals surface area contributed by atoms with Gasteiger partial charge in [-0.2, -0.15) is 0 Å². The van der Waals surface area contributed by atoms with Crippen LogP contribution in [0.2, 0.25) is 0 Å². The third kappa shape index (κ3) is 3.10. The third-order valence-corrected chi connectivity index (χ3v) is 3.30. The smallest absolute Gasteiger partial charge is 0.0254 e. The molecule has 0 bridgehead atoms. The molecule has 0 heterocycles. The first-order chi connectivity index (χ1) is 8.69. The SMILES string of the molecule is CCc1cc(/C=C/c2ccc(C)cc2)ccc1C. The number of hydrogen-bond donors (Lipinski definition) is 0. The molecule has 0 N–H and O–H groups in total. The Morgan fingerprint density at radius 2 is 1.44 bits per heavy atom. The van der Waals surface area contributed by atoms with Crippen LogP contribution in [-0.2, 0) is 6.42 Å². The van der Waals surface area contributed by atoms with E-state index in [1.807, 2.05) is 0 Å². The minimum Gasteiger partial charge on any atom is -0.0613 e. The van der Waals surface area contributed by atoms with Gasteiger partial charge in [-0.05, 0) is 42.5 Å². The average molecular weight is 236 g/mol. The summed E-state index contributed by atoms with van der Waals surface area (Å²) in [4.78, 5) is 0. The van der Waals surface area contributed by atoms with E-state index in [1.165, 1.54) is 27.8 Å².